The Morgan fingerprint density at radius 3 is 2.24 bits per heavy atom. The van der Waals surface area contributed by atoms with E-state index < -0.39 is 15.9 Å². The lowest BCUT2D eigenvalue weighted by molar-refractivity contribution is -0.119. The minimum atomic E-state index is -3.55. The molecule has 0 saturated carbocycles. The number of aromatic nitrogens is 1. The Morgan fingerprint density at radius 2 is 1.56 bits per heavy atom. The van der Waals surface area contributed by atoms with Gasteiger partial charge in [0, 0.05) is 12.0 Å². The molecule has 41 heavy (non-hydrogen) atoms. The molecule has 1 N–H and O–H groups in total. The van der Waals surface area contributed by atoms with Gasteiger partial charge in [-0.25, -0.2) is 13.4 Å². The molecule has 1 aromatic heterocycles. The van der Waals surface area contributed by atoms with Crippen LogP contribution in [0.15, 0.2) is 94.5 Å². The Balaban J connectivity index is 1.28. The third kappa shape index (κ3) is 9.61. The van der Waals surface area contributed by atoms with Crippen molar-refractivity contribution < 1.29 is 27.2 Å². The Kier molecular flexibility index (Phi) is 10.3. The van der Waals surface area contributed by atoms with Gasteiger partial charge in [-0.2, -0.15) is 0 Å². The zero-order valence-electron chi connectivity index (χ0n) is 23.1. The summed E-state index contributed by atoms with van der Waals surface area (Å²) in [5.74, 6) is 1.48. The van der Waals surface area contributed by atoms with E-state index in [4.69, 9.17) is 14.0 Å². The molecule has 4 rings (SSSR count). The lowest BCUT2D eigenvalue weighted by atomic mass is 10.0. The van der Waals surface area contributed by atoms with Crippen molar-refractivity contribution in [3.05, 3.63) is 108 Å². The number of hydrogen-bond donors (Lipinski definition) is 1. The molecule has 0 unspecified atom stereocenters. The zero-order chi connectivity index (χ0) is 29.1. The highest BCUT2D eigenvalue weighted by atomic mass is 32.2. The Hall–Kier alpha value is -4.44. The quantitative estimate of drug-likeness (QED) is 0.115. The zero-order valence-corrected chi connectivity index (χ0v) is 23.9. The summed E-state index contributed by atoms with van der Waals surface area (Å²) in [6.45, 7) is 2.44. The predicted molar refractivity (Wildman–Crippen MR) is 157 cm³/mol. The van der Waals surface area contributed by atoms with E-state index in [-0.39, 0.29) is 13.0 Å². The fraction of sp³-hybridized carbons (Fsp3) is 0.258. The highest BCUT2D eigenvalue weighted by Gasteiger charge is 2.12. The van der Waals surface area contributed by atoms with Gasteiger partial charge in [0.2, 0.25) is 21.8 Å². The number of unbranched alkanes of at least 4 members (excludes halogenated alkanes) is 1. The minimum Gasteiger partial charge on any atom is -0.487 e. The number of hydrogen-bond acceptors (Lipinski definition) is 8. The number of benzene rings is 3. The molecule has 0 aliphatic carbocycles. The van der Waals surface area contributed by atoms with Crippen molar-refractivity contribution in [2.75, 3.05) is 6.26 Å². The molecule has 9 nitrogen and oxygen atoms in total. The molecule has 0 fully saturated rings. The Bertz CT molecular complexity index is 1550. The number of nitrogens with zero attached hydrogens (tertiary/aromatic N) is 2. The van der Waals surface area contributed by atoms with Gasteiger partial charge >= 0.3 is 0 Å². The molecule has 214 valence electrons. The normalized spacial score (nSPS) is 11.7. The summed E-state index contributed by atoms with van der Waals surface area (Å²) in [6.07, 6.45) is 2.84. The van der Waals surface area contributed by atoms with E-state index >= 15 is 0 Å². The number of amides is 1. The number of oxime groups is 1. The maximum absolute atomic E-state index is 11.7. The largest absolute Gasteiger partial charge is 0.487 e. The molecule has 0 atom stereocenters. The van der Waals surface area contributed by atoms with Crippen LogP contribution in [0.3, 0.4) is 0 Å². The van der Waals surface area contributed by atoms with Gasteiger partial charge in [-0.1, -0.05) is 65.8 Å². The van der Waals surface area contributed by atoms with E-state index in [1.54, 1.807) is 0 Å². The fourth-order valence-electron chi connectivity index (χ4n) is 3.99. The smallest absolute Gasteiger partial charge is 0.233 e. The summed E-state index contributed by atoms with van der Waals surface area (Å²) in [5, 5.41) is 4.37. The van der Waals surface area contributed by atoms with Gasteiger partial charge in [-0.05, 0) is 61.6 Å². The standard InChI is InChI=1S/C31H33N3O6S/c1-23-29(32-31(40-23)26-13-7-4-8-14-26)22-38-27-19-17-24(18-20-27)21-39-33-28(25-11-5-3-6-12-25)15-9-10-16-30(35)34-41(2,36)37/h3-8,11-14,17-20H,9-10,15-16,21-22H2,1-2H3,(H,34,35)/b33-28+. The molecular weight excluding hydrogens is 542 g/mol. The molecule has 0 aliphatic rings. The molecule has 10 heteroatoms. The Labute approximate surface area is 240 Å². The molecule has 0 saturated heterocycles. The van der Waals surface area contributed by atoms with E-state index in [2.05, 4.69) is 10.1 Å². The molecule has 0 spiro atoms. The van der Waals surface area contributed by atoms with Crippen molar-refractivity contribution >= 4 is 21.6 Å². The second kappa shape index (κ2) is 14.3. The van der Waals surface area contributed by atoms with Crippen LogP contribution >= 0.6 is 0 Å². The van der Waals surface area contributed by atoms with E-state index in [0.29, 0.717) is 37.5 Å². The lowest BCUT2D eigenvalue weighted by Crippen LogP contribution is -2.28. The van der Waals surface area contributed by atoms with Gasteiger partial charge < -0.3 is 14.0 Å². The van der Waals surface area contributed by atoms with Crippen molar-refractivity contribution in [1.82, 2.24) is 9.71 Å². The molecule has 1 heterocycles. The van der Waals surface area contributed by atoms with Crippen molar-refractivity contribution in [1.29, 1.82) is 0 Å². The SMILES string of the molecule is Cc1oc(-c2ccccc2)nc1COc1ccc(CO/N=C(\CCCCC(=O)NS(C)(=O)=O)c2ccccc2)cc1. The first-order chi connectivity index (χ1) is 19.8. The summed E-state index contributed by atoms with van der Waals surface area (Å²) in [6, 6.07) is 27.0. The number of carbonyl (C=O) groups is 1. The highest BCUT2D eigenvalue weighted by molar-refractivity contribution is 7.89. The fourth-order valence-corrected chi connectivity index (χ4v) is 4.51. The number of rotatable bonds is 14. The van der Waals surface area contributed by atoms with Crippen LogP contribution < -0.4 is 9.46 Å². The highest BCUT2D eigenvalue weighted by Crippen LogP contribution is 2.23. The second-order valence-electron chi connectivity index (χ2n) is 9.50. The van der Waals surface area contributed by atoms with E-state index in [1.807, 2.05) is 96.6 Å². The summed E-state index contributed by atoms with van der Waals surface area (Å²) >= 11 is 0. The van der Waals surface area contributed by atoms with Crippen molar-refractivity contribution in [2.45, 2.75) is 45.8 Å². The monoisotopic (exact) mass is 575 g/mol. The van der Waals surface area contributed by atoms with Gasteiger partial charge in [0.15, 0.2) is 0 Å². The van der Waals surface area contributed by atoms with Crippen LogP contribution in [0, 0.1) is 6.92 Å². The topological polar surface area (TPSA) is 120 Å². The summed E-state index contributed by atoms with van der Waals surface area (Å²) in [5.41, 5.74) is 4.27. The molecule has 0 bridgehead atoms. The number of sulfonamides is 1. The van der Waals surface area contributed by atoms with Gasteiger partial charge in [0.1, 0.15) is 30.4 Å². The van der Waals surface area contributed by atoms with E-state index in [0.717, 1.165) is 40.1 Å². The average Bonchev–Trinajstić information content (AvgIpc) is 3.34. The summed E-state index contributed by atoms with van der Waals surface area (Å²) in [7, 11) is -3.55. The van der Waals surface area contributed by atoms with Crippen LogP contribution in [0.25, 0.3) is 11.5 Å². The second-order valence-corrected chi connectivity index (χ2v) is 11.3. The number of oxazole rings is 1. The average molecular weight is 576 g/mol. The Morgan fingerprint density at radius 1 is 0.902 bits per heavy atom. The molecule has 1 amide bonds. The number of nitrogens with one attached hydrogen (secondary N) is 1. The maximum Gasteiger partial charge on any atom is 0.233 e. The van der Waals surface area contributed by atoms with E-state index in [9.17, 15) is 13.2 Å². The van der Waals surface area contributed by atoms with Crippen LogP contribution in [0.1, 0.15) is 48.3 Å². The van der Waals surface area contributed by atoms with Gasteiger partial charge in [0.25, 0.3) is 0 Å². The molecular formula is C31H33N3O6S. The first-order valence-corrected chi connectivity index (χ1v) is 15.1. The molecule has 4 aromatic rings. The van der Waals surface area contributed by atoms with Gasteiger partial charge in [-0.3, -0.25) is 9.52 Å². The van der Waals surface area contributed by atoms with Gasteiger partial charge in [-0.15, -0.1) is 0 Å². The van der Waals surface area contributed by atoms with Crippen LogP contribution in [0.2, 0.25) is 0 Å². The molecule has 0 radical (unpaired) electrons. The number of ether oxygens (including phenoxy) is 1. The van der Waals surface area contributed by atoms with Crippen LogP contribution in [-0.2, 0) is 32.9 Å². The first kappa shape index (κ1) is 29.5. The first-order valence-electron chi connectivity index (χ1n) is 13.2. The summed E-state index contributed by atoms with van der Waals surface area (Å²) < 4.78 is 36.1. The van der Waals surface area contributed by atoms with Crippen molar-refractivity contribution in [3.63, 3.8) is 0 Å². The predicted octanol–water partition coefficient (Wildman–Crippen LogP) is 5.79. The molecule has 0 aliphatic heterocycles. The van der Waals surface area contributed by atoms with E-state index in [1.165, 1.54) is 0 Å². The van der Waals surface area contributed by atoms with Crippen molar-refractivity contribution in [2.24, 2.45) is 5.16 Å². The van der Waals surface area contributed by atoms with Crippen molar-refractivity contribution in [3.8, 4) is 17.2 Å². The third-order valence-corrected chi connectivity index (χ3v) is 6.69. The third-order valence-electron chi connectivity index (χ3n) is 6.09. The lowest BCUT2D eigenvalue weighted by Gasteiger charge is -2.09. The van der Waals surface area contributed by atoms with Crippen LogP contribution in [-0.4, -0.2) is 31.3 Å². The van der Waals surface area contributed by atoms with Crippen LogP contribution in [0.5, 0.6) is 5.75 Å². The minimum absolute atomic E-state index is 0.120. The van der Waals surface area contributed by atoms with Crippen LogP contribution in [0.4, 0.5) is 0 Å². The maximum atomic E-state index is 11.7. The summed E-state index contributed by atoms with van der Waals surface area (Å²) in [4.78, 5) is 22.0. The number of carbonyl (C=O) groups excluding carboxylic acids is 1. The molecule has 3 aromatic carbocycles. The number of aryl methyl sites for hydroxylation is 1. The van der Waals surface area contributed by atoms with Gasteiger partial charge in [0.05, 0.1) is 12.0 Å².